The summed E-state index contributed by atoms with van der Waals surface area (Å²) in [7, 11) is -0.547. The minimum absolute atomic E-state index is 0.0383. The summed E-state index contributed by atoms with van der Waals surface area (Å²) in [5.41, 5.74) is 0.274. The van der Waals surface area contributed by atoms with Crippen LogP contribution < -0.4 is 5.32 Å². The van der Waals surface area contributed by atoms with E-state index in [1.165, 1.54) is 42.5 Å². The minimum atomic E-state index is -2.00. The van der Waals surface area contributed by atoms with Crippen LogP contribution in [-0.2, 0) is 18.9 Å². The third kappa shape index (κ3) is 6.13. The Balaban J connectivity index is 1.50. The summed E-state index contributed by atoms with van der Waals surface area (Å²) in [6, 6.07) is -0.659. The van der Waals surface area contributed by atoms with Crippen LogP contribution in [0.5, 0.6) is 0 Å². The first-order chi connectivity index (χ1) is 15.9. The molecule has 0 radical (unpaired) electrons. The molecule has 0 aliphatic carbocycles. The summed E-state index contributed by atoms with van der Waals surface area (Å²) in [6.07, 6.45) is 2.83. The number of ether oxygens (including phenoxy) is 1. The van der Waals surface area contributed by atoms with Crippen molar-refractivity contribution in [3.63, 3.8) is 0 Å². The van der Waals surface area contributed by atoms with E-state index in [0.29, 0.717) is 21.6 Å². The molecule has 34 heavy (non-hydrogen) atoms. The number of hydrogen-bond donors (Lipinski definition) is 1. The molecule has 3 amide bonds. The number of carbonyl (C=O) groups excluding carboxylic acids is 3. The molecule has 0 bridgehead atoms. The maximum Gasteiger partial charge on any atom is 0.286 e. The van der Waals surface area contributed by atoms with Crippen molar-refractivity contribution in [3.05, 3.63) is 27.9 Å². The lowest BCUT2D eigenvalue weighted by Crippen LogP contribution is -2.40. The standard InChI is InChI=1S/C21H29N5O5S2Si/c1-21(2,3)34(5,6)31-23-9-17-24-14(11-32-17)19(28)22-8-16-25-15(12-33-16)20(29)26-10-13(30-4)7-18(26)27/h7,9,11,15H,8,10,12H2,1-6H3,(H,22,28)/b23-9+/t15-/m1/s1. The van der Waals surface area contributed by atoms with Gasteiger partial charge in [0.2, 0.25) is 0 Å². The lowest BCUT2D eigenvalue weighted by molar-refractivity contribution is -0.141. The number of thiazole rings is 1. The Morgan fingerprint density at radius 2 is 2.12 bits per heavy atom. The Bertz CT molecular complexity index is 1060. The summed E-state index contributed by atoms with van der Waals surface area (Å²) >= 11 is 2.68. The van der Waals surface area contributed by atoms with Crippen LogP contribution >= 0.6 is 23.1 Å². The number of hydrogen-bond acceptors (Lipinski definition) is 10. The number of rotatable bonds is 8. The molecule has 0 unspecified atom stereocenters. The highest BCUT2D eigenvalue weighted by Crippen LogP contribution is 2.36. The summed E-state index contributed by atoms with van der Waals surface area (Å²) in [5.74, 6) is -0.253. The second-order valence-corrected chi connectivity index (χ2v) is 16.0. The van der Waals surface area contributed by atoms with E-state index >= 15 is 0 Å². The summed E-state index contributed by atoms with van der Waals surface area (Å²) in [4.78, 5) is 46.8. The van der Waals surface area contributed by atoms with Crippen LogP contribution in [0.3, 0.4) is 0 Å². The molecule has 2 aliphatic rings. The first kappa shape index (κ1) is 26.1. The zero-order chi connectivity index (χ0) is 25.1. The maximum atomic E-state index is 12.6. The summed E-state index contributed by atoms with van der Waals surface area (Å²) < 4.78 is 10.8. The van der Waals surface area contributed by atoms with Crippen molar-refractivity contribution in [1.29, 1.82) is 0 Å². The number of nitrogens with one attached hydrogen (secondary N) is 1. The highest BCUT2D eigenvalue weighted by atomic mass is 32.2. The predicted molar refractivity (Wildman–Crippen MR) is 136 cm³/mol. The van der Waals surface area contributed by atoms with Crippen molar-refractivity contribution in [2.24, 2.45) is 10.1 Å². The van der Waals surface area contributed by atoms with Crippen LogP contribution in [0.4, 0.5) is 0 Å². The smallest absolute Gasteiger partial charge is 0.286 e. The first-order valence-corrected chi connectivity index (χ1v) is 15.4. The van der Waals surface area contributed by atoms with Crippen molar-refractivity contribution >= 4 is 60.4 Å². The fourth-order valence-electron chi connectivity index (χ4n) is 2.67. The zero-order valence-corrected chi connectivity index (χ0v) is 22.7. The lowest BCUT2D eigenvalue weighted by atomic mass is 10.2. The number of aliphatic imine (C=N–C) groups is 1. The fourth-order valence-corrected chi connectivity index (χ4v) is 4.85. The van der Waals surface area contributed by atoms with Gasteiger partial charge in [-0.25, -0.2) is 4.98 Å². The molecule has 3 rings (SSSR count). The molecule has 1 N–H and O–H groups in total. The van der Waals surface area contributed by atoms with Crippen LogP contribution in [0.15, 0.2) is 27.4 Å². The fraction of sp³-hybridized carbons (Fsp3) is 0.524. The Kier molecular flexibility index (Phi) is 7.98. The Hall–Kier alpha value is -2.51. The first-order valence-electron chi connectivity index (χ1n) is 10.7. The molecule has 1 aromatic heterocycles. The number of nitrogens with zero attached hydrogens (tertiary/aromatic N) is 4. The molecular weight excluding hydrogens is 494 g/mol. The van der Waals surface area contributed by atoms with Crippen LogP contribution in [-0.4, -0.2) is 79.2 Å². The van der Waals surface area contributed by atoms with Gasteiger partial charge in [-0.2, -0.15) is 0 Å². The number of oxime groups is 1. The second kappa shape index (κ2) is 10.4. The number of methoxy groups -OCH3 is 1. The Morgan fingerprint density at radius 3 is 2.76 bits per heavy atom. The third-order valence-corrected chi connectivity index (χ3v) is 11.8. The van der Waals surface area contributed by atoms with Crippen molar-refractivity contribution in [2.45, 2.75) is 44.9 Å². The number of aromatic nitrogens is 1. The number of amides is 3. The van der Waals surface area contributed by atoms with E-state index in [4.69, 9.17) is 9.26 Å². The summed E-state index contributed by atoms with van der Waals surface area (Å²) in [6.45, 7) is 10.9. The van der Waals surface area contributed by atoms with E-state index < -0.39 is 20.3 Å². The van der Waals surface area contributed by atoms with Crippen molar-refractivity contribution in [1.82, 2.24) is 15.2 Å². The number of carbonyl (C=O) groups is 3. The van der Waals surface area contributed by atoms with Gasteiger partial charge in [0.05, 0.1) is 25.2 Å². The van der Waals surface area contributed by atoms with Gasteiger partial charge >= 0.3 is 0 Å². The molecule has 10 nitrogen and oxygen atoms in total. The van der Waals surface area contributed by atoms with Gasteiger partial charge in [0.25, 0.3) is 26.0 Å². The Morgan fingerprint density at radius 1 is 1.38 bits per heavy atom. The van der Waals surface area contributed by atoms with Gasteiger partial charge < -0.3 is 14.6 Å². The molecule has 1 aromatic rings. The average Bonchev–Trinajstić information content (AvgIpc) is 3.50. The quantitative estimate of drug-likeness (QED) is 0.240. The maximum absolute atomic E-state index is 12.6. The number of imide groups is 1. The molecule has 2 aliphatic heterocycles. The molecule has 0 fully saturated rings. The Labute approximate surface area is 208 Å². The van der Waals surface area contributed by atoms with Crippen molar-refractivity contribution < 1.29 is 23.6 Å². The average molecular weight is 524 g/mol. The third-order valence-electron chi connectivity index (χ3n) is 5.79. The molecule has 0 saturated carbocycles. The molecule has 1 atom stereocenters. The largest absolute Gasteiger partial charge is 0.499 e. The molecule has 0 spiro atoms. The van der Waals surface area contributed by atoms with Gasteiger partial charge in [-0.15, -0.1) is 28.3 Å². The lowest BCUT2D eigenvalue weighted by Gasteiger charge is -2.32. The van der Waals surface area contributed by atoms with Gasteiger partial charge in [0.15, 0.2) is 0 Å². The van der Waals surface area contributed by atoms with Crippen LogP contribution in [0.25, 0.3) is 0 Å². The van der Waals surface area contributed by atoms with Crippen LogP contribution in [0, 0.1) is 0 Å². The van der Waals surface area contributed by atoms with Gasteiger partial charge in [-0.3, -0.25) is 24.3 Å². The molecule has 3 heterocycles. The minimum Gasteiger partial charge on any atom is -0.499 e. The second-order valence-electron chi connectivity index (χ2n) is 9.27. The van der Waals surface area contributed by atoms with Crippen molar-refractivity contribution in [3.8, 4) is 0 Å². The zero-order valence-electron chi connectivity index (χ0n) is 20.1. The normalized spacial score (nSPS) is 18.8. The monoisotopic (exact) mass is 523 g/mol. The van der Waals surface area contributed by atoms with Gasteiger partial charge in [-0.05, 0) is 18.1 Å². The van der Waals surface area contributed by atoms with E-state index in [1.54, 1.807) is 5.38 Å². The molecule has 0 aromatic carbocycles. The number of thioether (sulfide) groups is 1. The molecule has 0 saturated heterocycles. The van der Waals surface area contributed by atoms with Crippen LogP contribution in [0.2, 0.25) is 18.1 Å². The highest BCUT2D eigenvalue weighted by molar-refractivity contribution is 8.14. The highest BCUT2D eigenvalue weighted by Gasteiger charge is 2.40. The van der Waals surface area contributed by atoms with E-state index in [9.17, 15) is 14.4 Å². The van der Waals surface area contributed by atoms with E-state index in [1.807, 2.05) is 0 Å². The molecular formula is C21H29N5O5S2Si. The predicted octanol–water partition coefficient (Wildman–Crippen LogP) is 2.64. The molecule has 13 heteroatoms. The topological polar surface area (TPSA) is 123 Å². The molecule has 184 valence electrons. The van der Waals surface area contributed by atoms with Gasteiger partial charge in [-0.1, -0.05) is 20.8 Å². The van der Waals surface area contributed by atoms with Crippen LogP contribution in [0.1, 0.15) is 36.3 Å². The van der Waals surface area contributed by atoms with E-state index in [2.05, 4.69) is 54.3 Å². The van der Waals surface area contributed by atoms with Gasteiger partial charge in [0, 0.05) is 17.2 Å². The van der Waals surface area contributed by atoms with E-state index in [0.717, 1.165) is 4.90 Å². The van der Waals surface area contributed by atoms with Crippen molar-refractivity contribution in [2.75, 3.05) is 26.0 Å². The van der Waals surface area contributed by atoms with Gasteiger partial charge in [0.1, 0.15) is 28.7 Å². The SMILES string of the molecule is COC1=CC(=O)N(C(=O)[C@H]2CSC(CNC(=O)c3csc(/C=N/O[Si](C)(C)C(C)(C)C)n3)=N2)C1. The van der Waals surface area contributed by atoms with E-state index in [-0.39, 0.29) is 35.6 Å². The summed E-state index contributed by atoms with van der Waals surface area (Å²) in [5, 5.41) is 9.75.